The zero-order chi connectivity index (χ0) is 16.1. The first-order valence-electron chi connectivity index (χ1n) is 7.79. The Morgan fingerprint density at radius 2 is 2.17 bits per heavy atom. The monoisotopic (exact) mass is 356 g/mol. The van der Waals surface area contributed by atoms with Gasteiger partial charge in [-0.25, -0.2) is 4.98 Å². The normalized spacial score (nSPS) is 23.2. The van der Waals surface area contributed by atoms with Crippen molar-refractivity contribution in [1.29, 1.82) is 0 Å². The lowest BCUT2D eigenvalue weighted by Gasteiger charge is -2.26. The Morgan fingerprint density at radius 1 is 1.48 bits per heavy atom. The molecule has 23 heavy (non-hydrogen) atoms. The number of fused-ring (bicyclic) bond motifs is 1. The highest BCUT2D eigenvalue weighted by atomic mass is 35.5. The van der Waals surface area contributed by atoms with E-state index in [9.17, 15) is 4.79 Å². The molecule has 2 unspecified atom stereocenters. The number of nitrogens with two attached hydrogens (primary N) is 1. The van der Waals surface area contributed by atoms with Crippen LogP contribution in [0.1, 0.15) is 42.6 Å². The van der Waals surface area contributed by atoms with Crippen molar-refractivity contribution in [3.63, 3.8) is 0 Å². The zero-order valence-corrected chi connectivity index (χ0v) is 15.7. The highest BCUT2D eigenvalue weighted by Crippen LogP contribution is 2.34. The predicted molar refractivity (Wildman–Crippen MR) is 98.7 cm³/mol. The van der Waals surface area contributed by atoms with Crippen molar-refractivity contribution >= 4 is 34.0 Å². The summed E-state index contributed by atoms with van der Waals surface area (Å²) in [5.41, 5.74) is 7.09. The van der Waals surface area contributed by atoms with Crippen LogP contribution < -0.4 is 11.3 Å². The molecule has 0 radical (unpaired) electrons. The number of aryl methyl sites for hydroxylation is 2. The number of nitrogens with zero attached hydrogens (tertiary/aromatic N) is 2. The molecule has 7 heteroatoms. The lowest BCUT2D eigenvalue weighted by molar-refractivity contribution is 0.220. The van der Waals surface area contributed by atoms with Crippen molar-refractivity contribution in [1.82, 2.24) is 14.9 Å². The van der Waals surface area contributed by atoms with Crippen molar-refractivity contribution in [2.45, 2.75) is 40.2 Å². The van der Waals surface area contributed by atoms with Crippen LogP contribution in [0, 0.1) is 19.3 Å². The second kappa shape index (κ2) is 6.51. The minimum absolute atomic E-state index is 0. The molecule has 3 N–H and O–H groups in total. The third-order valence-electron chi connectivity index (χ3n) is 5.08. The first-order chi connectivity index (χ1) is 10.3. The molecule has 0 bridgehead atoms. The Balaban J connectivity index is 0.00000192. The number of rotatable bonds is 3. The van der Waals surface area contributed by atoms with Crippen LogP contribution in [0.25, 0.3) is 10.2 Å². The molecule has 0 amide bonds. The van der Waals surface area contributed by atoms with Gasteiger partial charge >= 0.3 is 0 Å². The van der Waals surface area contributed by atoms with Gasteiger partial charge < -0.3 is 10.7 Å². The van der Waals surface area contributed by atoms with Gasteiger partial charge in [-0.05, 0) is 51.3 Å². The highest BCUT2D eigenvalue weighted by molar-refractivity contribution is 7.18. The molecule has 1 saturated heterocycles. The first kappa shape index (κ1) is 18.4. The predicted octanol–water partition coefficient (Wildman–Crippen LogP) is 2.75. The number of H-pyrrole nitrogens is 1. The van der Waals surface area contributed by atoms with Crippen molar-refractivity contribution in [2.24, 2.45) is 11.1 Å². The first-order valence-corrected chi connectivity index (χ1v) is 8.60. The number of hydrogen-bond donors (Lipinski definition) is 2. The van der Waals surface area contributed by atoms with E-state index in [1.807, 2.05) is 13.8 Å². The number of thiophene rings is 1. The molecule has 5 nitrogen and oxygen atoms in total. The molecule has 0 aliphatic carbocycles. The smallest absolute Gasteiger partial charge is 0.259 e. The van der Waals surface area contributed by atoms with Gasteiger partial charge in [-0.15, -0.1) is 23.7 Å². The van der Waals surface area contributed by atoms with E-state index in [0.717, 1.165) is 46.0 Å². The maximum absolute atomic E-state index is 12.4. The van der Waals surface area contributed by atoms with Crippen LogP contribution in [0.3, 0.4) is 0 Å². The quantitative estimate of drug-likeness (QED) is 0.886. The van der Waals surface area contributed by atoms with Gasteiger partial charge in [-0.3, -0.25) is 9.69 Å². The fourth-order valence-electron chi connectivity index (χ4n) is 3.20. The number of aromatic nitrogens is 2. The number of aromatic amines is 1. The molecule has 0 aromatic carbocycles. The van der Waals surface area contributed by atoms with Crippen molar-refractivity contribution < 1.29 is 0 Å². The topological polar surface area (TPSA) is 75.0 Å². The average Bonchev–Trinajstić information content (AvgIpc) is 3.01. The molecule has 0 spiro atoms. The standard InChI is InChI=1S/C16H24N4OS.ClH/c1-9-11(3)22-15-12(9)14(21)18-13(19-15)10(2)20-6-5-16(4,7-17)8-20;/h10H,5-8,17H2,1-4H3,(H,18,19,21);1H. The van der Waals surface area contributed by atoms with Gasteiger partial charge in [0.15, 0.2) is 0 Å². The Labute approximate surface area is 146 Å². The Bertz CT molecular complexity index is 771. The lowest BCUT2D eigenvalue weighted by atomic mass is 9.90. The number of nitrogens with one attached hydrogen (secondary N) is 1. The summed E-state index contributed by atoms with van der Waals surface area (Å²) in [5.74, 6) is 0.764. The summed E-state index contributed by atoms with van der Waals surface area (Å²) in [6, 6.07) is 0.105. The van der Waals surface area contributed by atoms with Crippen molar-refractivity contribution in [2.75, 3.05) is 19.6 Å². The fraction of sp³-hybridized carbons (Fsp3) is 0.625. The largest absolute Gasteiger partial charge is 0.330 e. The van der Waals surface area contributed by atoms with Gasteiger partial charge in [-0.1, -0.05) is 6.92 Å². The number of hydrogen-bond acceptors (Lipinski definition) is 5. The van der Waals surface area contributed by atoms with Crippen LogP contribution in [0.4, 0.5) is 0 Å². The molecule has 3 rings (SSSR count). The maximum atomic E-state index is 12.4. The minimum Gasteiger partial charge on any atom is -0.330 e. The van der Waals surface area contributed by atoms with Crippen LogP contribution in [-0.2, 0) is 0 Å². The van der Waals surface area contributed by atoms with Crippen LogP contribution in [-0.4, -0.2) is 34.5 Å². The lowest BCUT2D eigenvalue weighted by Crippen LogP contribution is -2.33. The summed E-state index contributed by atoms with van der Waals surface area (Å²) in [6.07, 6.45) is 1.09. The number of halogens is 1. The summed E-state index contributed by atoms with van der Waals surface area (Å²) < 4.78 is 0. The van der Waals surface area contributed by atoms with E-state index in [1.165, 1.54) is 0 Å². The van der Waals surface area contributed by atoms with Crippen LogP contribution in [0.2, 0.25) is 0 Å². The molecule has 2 aromatic rings. The average molecular weight is 357 g/mol. The highest BCUT2D eigenvalue weighted by Gasteiger charge is 2.35. The summed E-state index contributed by atoms with van der Waals surface area (Å²) in [5, 5.41) is 0.742. The minimum atomic E-state index is -0.0190. The van der Waals surface area contributed by atoms with E-state index in [4.69, 9.17) is 10.7 Å². The fourth-order valence-corrected chi connectivity index (χ4v) is 4.24. The second-order valence-electron chi connectivity index (χ2n) is 6.83. The summed E-state index contributed by atoms with van der Waals surface area (Å²) >= 11 is 1.60. The van der Waals surface area contributed by atoms with Gasteiger partial charge in [0.1, 0.15) is 10.7 Å². The van der Waals surface area contributed by atoms with E-state index in [2.05, 4.69) is 23.7 Å². The van der Waals surface area contributed by atoms with Gasteiger partial charge in [0.25, 0.3) is 5.56 Å². The SMILES string of the molecule is Cc1sc2nc(C(C)N3CCC(C)(CN)C3)[nH]c(=O)c2c1C.Cl. The Hall–Kier alpha value is -0.950. The molecule has 1 aliphatic rings. The van der Waals surface area contributed by atoms with Gasteiger partial charge in [0.2, 0.25) is 0 Å². The molecule has 1 fully saturated rings. The Morgan fingerprint density at radius 3 is 2.78 bits per heavy atom. The molecule has 2 atom stereocenters. The van der Waals surface area contributed by atoms with Crippen LogP contribution in [0.15, 0.2) is 4.79 Å². The molecule has 3 heterocycles. The molecule has 0 saturated carbocycles. The second-order valence-corrected chi connectivity index (χ2v) is 8.03. The summed E-state index contributed by atoms with van der Waals surface area (Å²) in [4.78, 5) is 24.5. The van der Waals surface area contributed by atoms with E-state index >= 15 is 0 Å². The van der Waals surface area contributed by atoms with E-state index in [-0.39, 0.29) is 29.4 Å². The van der Waals surface area contributed by atoms with E-state index in [1.54, 1.807) is 11.3 Å². The Kier molecular flexibility index (Phi) is 5.21. The van der Waals surface area contributed by atoms with Crippen molar-refractivity contribution in [3.05, 3.63) is 26.6 Å². The molecular weight excluding hydrogens is 332 g/mol. The zero-order valence-electron chi connectivity index (χ0n) is 14.1. The van der Waals surface area contributed by atoms with Crippen LogP contribution >= 0.6 is 23.7 Å². The third kappa shape index (κ3) is 3.18. The van der Waals surface area contributed by atoms with E-state index in [0.29, 0.717) is 6.54 Å². The maximum Gasteiger partial charge on any atom is 0.259 e. The van der Waals surface area contributed by atoms with E-state index < -0.39 is 0 Å². The molecule has 2 aromatic heterocycles. The molecular formula is C16H25ClN4OS. The van der Waals surface area contributed by atoms with Crippen molar-refractivity contribution in [3.8, 4) is 0 Å². The summed E-state index contributed by atoms with van der Waals surface area (Å²) in [7, 11) is 0. The van der Waals surface area contributed by atoms with Gasteiger partial charge in [0, 0.05) is 11.4 Å². The van der Waals surface area contributed by atoms with Gasteiger partial charge in [0.05, 0.1) is 11.4 Å². The third-order valence-corrected chi connectivity index (χ3v) is 6.18. The van der Waals surface area contributed by atoms with Gasteiger partial charge in [-0.2, -0.15) is 0 Å². The number of likely N-dealkylation sites (tertiary alicyclic amines) is 1. The summed E-state index contributed by atoms with van der Waals surface area (Å²) in [6.45, 7) is 11.0. The van der Waals surface area contributed by atoms with Crippen LogP contribution in [0.5, 0.6) is 0 Å². The molecule has 1 aliphatic heterocycles. The molecule has 128 valence electrons.